The number of hydrogen-bond acceptors (Lipinski definition) is 3. The number of hydrogen-bond donors (Lipinski definition) is 0. The van der Waals surface area contributed by atoms with Crippen LogP contribution in [0.15, 0.2) is 0 Å². The monoisotopic (exact) mass is 342 g/mol. The van der Waals surface area contributed by atoms with Gasteiger partial charge in [0.15, 0.2) is 5.67 Å². The van der Waals surface area contributed by atoms with E-state index in [9.17, 15) is 9.59 Å². The maximum atomic E-state index is 15.1. The third kappa shape index (κ3) is 4.61. The van der Waals surface area contributed by atoms with E-state index in [4.69, 9.17) is 4.74 Å². The minimum absolute atomic E-state index is 0.0543. The molecule has 0 aromatic rings. The van der Waals surface area contributed by atoms with Gasteiger partial charge in [-0.05, 0) is 39.5 Å². The number of carbonyl (C=O) groups is 2. The van der Waals surface area contributed by atoms with E-state index in [0.29, 0.717) is 19.0 Å². The maximum Gasteiger partial charge on any atom is 0.410 e. The highest BCUT2D eigenvalue weighted by molar-refractivity contribution is 5.85. The lowest BCUT2D eigenvalue weighted by molar-refractivity contribution is -0.148. The van der Waals surface area contributed by atoms with Gasteiger partial charge in [0, 0.05) is 39.0 Å². The van der Waals surface area contributed by atoms with Crippen molar-refractivity contribution in [2.45, 2.75) is 71.1 Å². The van der Waals surface area contributed by atoms with Gasteiger partial charge in [-0.1, -0.05) is 13.3 Å². The molecule has 6 heteroatoms. The minimum atomic E-state index is -1.84. The summed E-state index contributed by atoms with van der Waals surface area (Å²) in [6.45, 7) is 9.32. The second-order valence-corrected chi connectivity index (χ2v) is 8.08. The van der Waals surface area contributed by atoms with Crippen molar-refractivity contribution in [2.75, 3.05) is 26.2 Å². The molecule has 0 atom stereocenters. The summed E-state index contributed by atoms with van der Waals surface area (Å²) in [7, 11) is 0. The lowest BCUT2D eigenvalue weighted by Crippen LogP contribution is -2.55. The highest BCUT2D eigenvalue weighted by Gasteiger charge is 2.45. The maximum absolute atomic E-state index is 15.1. The molecule has 5 nitrogen and oxygen atoms in total. The van der Waals surface area contributed by atoms with Gasteiger partial charge in [-0.25, -0.2) is 9.18 Å². The number of rotatable bonds is 2. The number of halogens is 1. The number of likely N-dealkylation sites (tertiary alicyclic amines) is 2. The molecule has 2 aliphatic heterocycles. The SMILES string of the molecule is CCC1CCN(C(=O)C2(F)CCN(C(=O)OC(C)(C)C)CC2)CC1. The van der Waals surface area contributed by atoms with Crippen LogP contribution in [0.25, 0.3) is 0 Å². The van der Waals surface area contributed by atoms with Crippen molar-refractivity contribution in [1.82, 2.24) is 9.80 Å². The van der Waals surface area contributed by atoms with Crippen molar-refractivity contribution >= 4 is 12.0 Å². The normalized spacial score (nSPS) is 22.4. The fraction of sp³-hybridized carbons (Fsp3) is 0.889. The Bertz CT molecular complexity index is 459. The van der Waals surface area contributed by atoms with E-state index in [-0.39, 0.29) is 31.8 Å². The zero-order valence-electron chi connectivity index (χ0n) is 15.4. The van der Waals surface area contributed by atoms with Crippen LogP contribution in [0.4, 0.5) is 9.18 Å². The van der Waals surface area contributed by atoms with Crippen LogP contribution in [-0.4, -0.2) is 59.2 Å². The first-order chi connectivity index (χ1) is 11.1. The topological polar surface area (TPSA) is 49.9 Å². The Hall–Kier alpha value is -1.33. The Balaban J connectivity index is 1.87. The zero-order valence-corrected chi connectivity index (χ0v) is 15.4. The quantitative estimate of drug-likeness (QED) is 0.773. The molecule has 0 aromatic carbocycles. The standard InChI is InChI=1S/C18H31FN2O3/c1-5-14-6-10-20(11-7-14)15(22)18(19)8-12-21(13-9-18)16(23)24-17(2,3)4/h14H,5-13H2,1-4H3. The molecular formula is C18H31FN2O3. The van der Waals surface area contributed by atoms with Gasteiger partial charge in [0.2, 0.25) is 0 Å². The van der Waals surface area contributed by atoms with Crippen LogP contribution in [0.5, 0.6) is 0 Å². The third-order valence-corrected chi connectivity index (χ3v) is 5.07. The minimum Gasteiger partial charge on any atom is -0.444 e. The Morgan fingerprint density at radius 2 is 1.62 bits per heavy atom. The molecule has 2 saturated heterocycles. The van der Waals surface area contributed by atoms with Gasteiger partial charge in [0.05, 0.1) is 0 Å². The van der Waals surface area contributed by atoms with Gasteiger partial charge in [-0.3, -0.25) is 4.79 Å². The highest BCUT2D eigenvalue weighted by atomic mass is 19.1. The zero-order chi connectivity index (χ0) is 18.0. The van der Waals surface area contributed by atoms with Crippen LogP contribution < -0.4 is 0 Å². The predicted molar refractivity (Wildman–Crippen MR) is 90.5 cm³/mol. The van der Waals surface area contributed by atoms with E-state index < -0.39 is 17.4 Å². The predicted octanol–water partition coefficient (Wildman–Crippen LogP) is 3.37. The van der Waals surface area contributed by atoms with Crippen LogP contribution in [0, 0.1) is 5.92 Å². The second-order valence-electron chi connectivity index (χ2n) is 8.08. The van der Waals surface area contributed by atoms with E-state index in [1.165, 1.54) is 4.90 Å². The molecule has 0 N–H and O–H groups in total. The molecule has 0 spiro atoms. The van der Waals surface area contributed by atoms with Gasteiger partial charge < -0.3 is 14.5 Å². The summed E-state index contributed by atoms with van der Waals surface area (Å²) in [4.78, 5) is 27.8. The molecule has 2 rings (SSSR count). The molecule has 0 bridgehead atoms. The molecule has 24 heavy (non-hydrogen) atoms. The van der Waals surface area contributed by atoms with Crippen LogP contribution in [0.2, 0.25) is 0 Å². The largest absolute Gasteiger partial charge is 0.444 e. The Morgan fingerprint density at radius 1 is 1.08 bits per heavy atom. The van der Waals surface area contributed by atoms with E-state index in [2.05, 4.69) is 6.92 Å². The van der Waals surface area contributed by atoms with Crippen molar-refractivity contribution < 1.29 is 18.7 Å². The average molecular weight is 342 g/mol. The third-order valence-electron chi connectivity index (χ3n) is 5.07. The van der Waals surface area contributed by atoms with Gasteiger partial charge in [0.25, 0.3) is 5.91 Å². The summed E-state index contributed by atoms with van der Waals surface area (Å²) in [6.07, 6.45) is 2.72. The summed E-state index contributed by atoms with van der Waals surface area (Å²) in [5.41, 5.74) is -2.40. The van der Waals surface area contributed by atoms with Gasteiger partial charge in [-0.15, -0.1) is 0 Å². The molecule has 138 valence electrons. The van der Waals surface area contributed by atoms with Crippen molar-refractivity contribution in [3.8, 4) is 0 Å². The Morgan fingerprint density at radius 3 is 2.08 bits per heavy atom. The van der Waals surface area contributed by atoms with E-state index >= 15 is 4.39 Å². The van der Waals surface area contributed by atoms with Crippen LogP contribution in [0.1, 0.15) is 59.8 Å². The number of alkyl halides is 1. The number of ether oxygens (including phenoxy) is 1. The van der Waals surface area contributed by atoms with Crippen molar-refractivity contribution in [2.24, 2.45) is 5.92 Å². The van der Waals surface area contributed by atoms with E-state index in [0.717, 1.165) is 19.3 Å². The first kappa shape index (κ1) is 19.0. The number of carbonyl (C=O) groups excluding carboxylic acids is 2. The smallest absolute Gasteiger partial charge is 0.410 e. The fourth-order valence-corrected chi connectivity index (χ4v) is 3.41. The lowest BCUT2D eigenvalue weighted by atomic mass is 9.89. The van der Waals surface area contributed by atoms with Gasteiger partial charge >= 0.3 is 6.09 Å². The first-order valence-corrected chi connectivity index (χ1v) is 9.11. The molecule has 2 amide bonds. The average Bonchev–Trinajstić information content (AvgIpc) is 2.53. The molecule has 2 aliphatic rings. The molecular weight excluding hydrogens is 311 g/mol. The molecule has 2 fully saturated rings. The fourth-order valence-electron chi connectivity index (χ4n) is 3.41. The van der Waals surface area contributed by atoms with Gasteiger partial charge in [0.1, 0.15) is 5.60 Å². The number of amides is 2. The first-order valence-electron chi connectivity index (χ1n) is 9.11. The second kappa shape index (κ2) is 7.28. The number of nitrogens with zero attached hydrogens (tertiary/aromatic N) is 2. The summed E-state index contributed by atoms with van der Waals surface area (Å²) >= 11 is 0. The van der Waals surface area contributed by atoms with E-state index in [1.807, 2.05) is 0 Å². The van der Waals surface area contributed by atoms with Crippen molar-refractivity contribution in [3.05, 3.63) is 0 Å². The van der Waals surface area contributed by atoms with E-state index in [1.54, 1.807) is 25.7 Å². The molecule has 0 saturated carbocycles. The molecule has 2 heterocycles. The van der Waals surface area contributed by atoms with Crippen molar-refractivity contribution in [1.29, 1.82) is 0 Å². The van der Waals surface area contributed by atoms with Crippen LogP contribution in [-0.2, 0) is 9.53 Å². The highest BCUT2D eigenvalue weighted by Crippen LogP contribution is 2.31. The summed E-state index contributed by atoms with van der Waals surface area (Å²) in [5, 5.41) is 0. The molecule has 0 aliphatic carbocycles. The molecule has 0 aromatic heterocycles. The van der Waals surface area contributed by atoms with Crippen LogP contribution >= 0.6 is 0 Å². The van der Waals surface area contributed by atoms with Crippen molar-refractivity contribution in [3.63, 3.8) is 0 Å². The Kier molecular flexibility index (Phi) is 5.76. The lowest BCUT2D eigenvalue weighted by Gasteiger charge is -2.40. The molecule has 0 unspecified atom stereocenters. The summed E-state index contributed by atoms with van der Waals surface area (Å²) in [6, 6.07) is 0. The summed E-state index contributed by atoms with van der Waals surface area (Å²) < 4.78 is 20.4. The number of piperidine rings is 2. The molecule has 0 radical (unpaired) electrons. The summed E-state index contributed by atoms with van der Waals surface area (Å²) in [5.74, 6) is 0.263. The van der Waals surface area contributed by atoms with Gasteiger partial charge in [-0.2, -0.15) is 0 Å². The Labute approximate surface area is 144 Å². The van der Waals surface area contributed by atoms with Crippen LogP contribution in [0.3, 0.4) is 0 Å².